The number of nitrogens with two attached hydrogens (primary N) is 1. The third-order valence-electron chi connectivity index (χ3n) is 5.39. The Morgan fingerprint density at radius 1 is 0.615 bits per heavy atom. The maximum Gasteiger partial charge on any atom is 0.0633 e. The molecule has 0 radical (unpaired) electrons. The number of hydrogen-bond acceptors (Lipinski definition) is 3. The number of hydroxylamine groups is 2. The van der Waals surface area contributed by atoms with Gasteiger partial charge in [-0.25, -0.2) is 4.94 Å². The summed E-state index contributed by atoms with van der Waals surface area (Å²) in [7, 11) is 0. The van der Waals surface area contributed by atoms with Crippen LogP contribution >= 0.6 is 0 Å². The SMILES string of the molecule is NON1[C@@H](c2ccccc2)CC(c2ccccc2)C[C@@H]1c1ccccc1. The predicted octanol–water partition coefficient (Wildman–Crippen LogP) is 5.15. The fourth-order valence-electron chi connectivity index (χ4n) is 4.12. The van der Waals surface area contributed by atoms with E-state index in [0.29, 0.717) is 5.92 Å². The summed E-state index contributed by atoms with van der Waals surface area (Å²) in [5.74, 6) is 6.23. The number of nitrogens with zero attached hydrogens (tertiary/aromatic N) is 1. The molecule has 0 bridgehead atoms. The Balaban J connectivity index is 1.74. The van der Waals surface area contributed by atoms with E-state index in [0.717, 1.165) is 12.8 Å². The van der Waals surface area contributed by atoms with E-state index >= 15 is 0 Å². The molecule has 1 heterocycles. The van der Waals surface area contributed by atoms with Crippen LogP contribution in [0.1, 0.15) is 47.5 Å². The largest absolute Gasteiger partial charge is 0.213 e. The van der Waals surface area contributed by atoms with Crippen LogP contribution in [0.25, 0.3) is 0 Å². The number of hydrogen-bond donors (Lipinski definition) is 1. The Bertz CT molecular complexity index is 758. The van der Waals surface area contributed by atoms with Gasteiger partial charge in [0.1, 0.15) is 0 Å². The van der Waals surface area contributed by atoms with Crippen molar-refractivity contribution in [2.24, 2.45) is 5.90 Å². The lowest BCUT2D eigenvalue weighted by Gasteiger charge is -2.43. The van der Waals surface area contributed by atoms with Crippen molar-refractivity contribution in [3.05, 3.63) is 108 Å². The summed E-state index contributed by atoms with van der Waals surface area (Å²) in [5, 5.41) is 1.98. The summed E-state index contributed by atoms with van der Waals surface area (Å²) in [6, 6.07) is 32.0. The minimum absolute atomic E-state index is 0.116. The van der Waals surface area contributed by atoms with Crippen LogP contribution < -0.4 is 5.90 Å². The minimum atomic E-state index is 0.116. The lowest BCUT2D eigenvalue weighted by molar-refractivity contribution is -0.238. The first-order valence-corrected chi connectivity index (χ1v) is 9.17. The van der Waals surface area contributed by atoms with E-state index in [2.05, 4.69) is 78.9 Å². The molecule has 0 amide bonds. The van der Waals surface area contributed by atoms with Crippen molar-refractivity contribution in [3.63, 3.8) is 0 Å². The summed E-state index contributed by atoms with van der Waals surface area (Å²) in [5.41, 5.74) is 3.85. The van der Waals surface area contributed by atoms with Crippen LogP contribution in [0.5, 0.6) is 0 Å². The van der Waals surface area contributed by atoms with E-state index in [1.54, 1.807) is 0 Å². The van der Waals surface area contributed by atoms with Crippen LogP contribution in [-0.4, -0.2) is 5.06 Å². The molecule has 0 saturated carbocycles. The molecule has 26 heavy (non-hydrogen) atoms. The molecule has 3 heteroatoms. The van der Waals surface area contributed by atoms with Crippen molar-refractivity contribution >= 4 is 0 Å². The summed E-state index contributed by atoms with van der Waals surface area (Å²) in [6.45, 7) is 0. The molecule has 0 aliphatic carbocycles. The fraction of sp³-hybridized carbons (Fsp3) is 0.217. The zero-order valence-electron chi connectivity index (χ0n) is 14.7. The molecule has 0 aromatic heterocycles. The van der Waals surface area contributed by atoms with Crippen molar-refractivity contribution in [2.45, 2.75) is 30.8 Å². The van der Waals surface area contributed by atoms with E-state index in [1.165, 1.54) is 16.7 Å². The fourth-order valence-corrected chi connectivity index (χ4v) is 4.12. The predicted molar refractivity (Wildman–Crippen MR) is 104 cm³/mol. The van der Waals surface area contributed by atoms with Crippen molar-refractivity contribution in [3.8, 4) is 0 Å². The van der Waals surface area contributed by atoms with Gasteiger partial charge in [-0.1, -0.05) is 91.0 Å². The van der Waals surface area contributed by atoms with Crippen LogP contribution in [0.15, 0.2) is 91.0 Å². The van der Waals surface area contributed by atoms with E-state index in [9.17, 15) is 0 Å². The molecule has 0 unspecified atom stereocenters. The smallest absolute Gasteiger partial charge is 0.0633 e. The van der Waals surface area contributed by atoms with E-state index in [1.807, 2.05) is 17.2 Å². The molecular weight excluding hydrogens is 320 g/mol. The second kappa shape index (κ2) is 7.83. The Labute approximate surface area is 154 Å². The zero-order valence-corrected chi connectivity index (χ0v) is 14.7. The molecule has 1 aliphatic heterocycles. The zero-order chi connectivity index (χ0) is 17.8. The van der Waals surface area contributed by atoms with Gasteiger partial charge in [-0.3, -0.25) is 0 Å². The van der Waals surface area contributed by atoms with E-state index in [4.69, 9.17) is 10.8 Å². The molecule has 132 valence electrons. The molecule has 3 aromatic carbocycles. The first-order valence-electron chi connectivity index (χ1n) is 9.17. The topological polar surface area (TPSA) is 38.5 Å². The van der Waals surface area contributed by atoms with Gasteiger partial charge in [0, 0.05) is 0 Å². The van der Waals surface area contributed by atoms with Gasteiger partial charge in [0.2, 0.25) is 0 Å². The summed E-state index contributed by atoms with van der Waals surface area (Å²) < 4.78 is 0. The second-order valence-corrected chi connectivity index (χ2v) is 6.90. The highest BCUT2D eigenvalue weighted by atomic mass is 16.8. The van der Waals surface area contributed by atoms with E-state index in [-0.39, 0.29) is 12.1 Å². The Hall–Kier alpha value is -2.46. The van der Waals surface area contributed by atoms with Crippen molar-refractivity contribution in [2.75, 3.05) is 0 Å². The monoisotopic (exact) mass is 344 g/mol. The number of benzene rings is 3. The van der Waals surface area contributed by atoms with Crippen molar-refractivity contribution < 1.29 is 4.94 Å². The highest BCUT2D eigenvalue weighted by Crippen LogP contribution is 2.47. The molecule has 1 saturated heterocycles. The van der Waals surface area contributed by atoms with Gasteiger partial charge in [0.25, 0.3) is 0 Å². The Morgan fingerprint density at radius 3 is 1.38 bits per heavy atom. The highest BCUT2D eigenvalue weighted by Gasteiger charge is 2.38. The summed E-state index contributed by atoms with van der Waals surface area (Å²) in [6.07, 6.45) is 1.96. The summed E-state index contributed by atoms with van der Waals surface area (Å²) >= 11 is 0. The molecule has 1 fully saturated rings. The number of rotatable bonds is 4. The van der Waals surface area contributed by atoms with Crippen LogP contribution in [-0.2, 0) is 4.94 Å². The number of piperidine rings is 1. The van der Waals surface area contributed by atoms with Crippen LogP contribution in [0.4, 0.5) is 0 Å². The lowest BCUT2D eigenvalue weighted by atomic mass is 9.79. The maximum absolute atomic E-state index is 5.77. The molecule has 2 N–H and O–H groups in total. The second-order valence-electron chi connectivity index (χ2n) is 6.90. The third-order valence-corrected chi connectivity index (χ3v) is 5.39. The van der Waals surface area contributed by atoms with Crippen molar-refractivity contribution in [1.82, 2.24) is 5.06 Å². The molecule has 3 aromatic rings. The molecule has 3 nitrogen and oxygen atoms in total. The summed E-state index contributed by atoms with van der Waals surface area (Å²) in [4.78, 5) is 5.44. The standard InChI is InChI=1S/C23H24N2O/c24-26-25-22(19-12-6-2-7-13-19)16-21(18-10-4-1-5-11-18)17-23(25)20-14-8-3-9-15-20/h1-15,21-23H,16-17,24H2/t22-,23-/m1/s1. The van der Waals surface area contributed by atoms with Gasteiger partial charge in [0.05, 0.1) is 12.1 Å². The van der Waals surface area contributed by atoms with Gasteiger partial charge in [-0.2, -0.15) is 11.0 Å². The van der Waals surface area contributed by atoms with Crippen molar-refractivity contribution in [1.29, 1.82) is 0 Å². The maximum atomic E-state index is 5.77. The van der Waals surface area contributed by atoms with Gasteiger partial charge in [0.15, 0.2) is 0 Å². The van der Waals surface area contributed by atoms with Gasteiger partial charge in [-0.15, -0.1) is 0 Å². The molecule has 0 spiro atoms. The average molecular weight is 344 g/mol. The van der Waals surface area contributed by atoms with Gasteiger partial charge < -0.3 is 0 Å². The molecular formula is C23H24N2O. The van der Waals surface area contributed by atoms with Gasteiger partial charge >= 0.3 is 0 Å². The highest BCUT2D eigenvalue weighted by molar-refractivity contribution is 5.28. The molecule has 4 rings (SSSR count). The van der Waals surface area contributed by atoms with Crippen LogP contribution in [0.3, 0.4) is 0 Å². The Morgan fingerprint density at radius 2 is 1.00 bits per heavy atom. The third kappa shape index (κ3) is 3.42. The van der Waals surface area contributed by atoms with E-state index < -0.39 is 0 Å². The molecule has 1 aliphatic rings. The first-order chi connectivity index (χ1) is 12.9. The first kappa shape index (κ1) is 17.0. The van der Waals surface area contributed by atoms with Crippen LogP contribution in [0.2, 0.25) is 0 Å². The quantitative estimate of drug-likeness (QED) is 0.665. The lowest BCUT2D eigenvalue weighted by Crippen LogP contribution is -2.40. The molecule has 2 atom stereocenters. The Kier molecular flexibility index (Phi) is 5.12. The normalized spacial score (nSPS) is 23.7. The minimum Gasteiger partial charge on any atom is -0.213 e. The van der Waals surface area contributed by atoms with Gasteiger partial charge in [-0.05, 0) is 35.4 Å². The average Bonchev–Trinajstić information content (AvgIpc) is 2.74. The van der Waals surface area contributed by atoms with Crippen LogP contribution in [0, 0.1) is 0 Å².